The minimum atomic E-state index is -0.204. The Morgan fingerprint density at radius 2 is 2.06 bits per heavy atom. The molecule has 0 aliphatic heterocycles. The van der Waals surface area contributed by atoms with Crippen molar-refractivity contribution in [2.24, 2.45) is 7.05 Å². The molecule has 0 bridgehead atoms. The lowest BCUT2D eigenvalue weighted by Crippen LogP contribution is -2.05. The van der Waals surface area contributed by atoms with Gasteiger partial charge >= 0.3 is 0 Å². The number of hydrogen-bond acceptors (Lipinski definition) is 1. The molecule has 2 rings (SSSR count). The van der Waals surface area contributed by atoms with E-state index in [2.05, 4.69) is 0 Å². The fourth-order valence-corrected chi connectivity index (χ4v) is 1.75. The topological polar surface area (TPSA) is 14.2 Å². The quantitative estimate of drug-likeness (QED) is 0.776. The molecule has 16 heavy (non-hydrogen) atoms. The van der Waals surface area contributed by atoms with E-state index in [1.165, 1.54) is 6.07 Å². The highest BCUT2D eigenvalue weighted by Gasteiger charge is 2.07. The van der Waals surface area contributed by atoms with E-state index >= 15 is 0 Å². The molecule has 86 valence electrons. The lowest BCUT2D eigenvalue weighted by atomic mass is 10.2. The molecule has 0 saturated heterocycles. The maximum absolute atomic E-state index is 13.1. The number of nitrogens with zero attached hydrogens (tertiary/aromatic N) is 1. The fraction of sp³-hybridized carbons (Fsp3) is 0.385. The number of halogens is 1. The molecule has 0 aliphatic rings. The lowest BCUT2D eigenvalue weighted by Gasteiger charge is -2.08. The third-order valence-corrected chi connectivity index (χ3v) is 2.67. The van der Waals surface area contributed by atoms with Gasteiger partial charge in [-0.1, -0.05) is 0 Å². The molecule has 2 aromatic rings. The van der Waals surface area contributed by atoms with Crippen LogP contribution in [0.5, 0.6) is 0 Å². The highest BCUT2D eigenvalue weighted by Crippen LogP contribution is 2.20. The molecule has 2 nitrogen and oxygen atoms in total. The van der Waals surface area contributed by atoms with E-state index < -0.39 is 0 Å². The van der Waals surface area contributed by atoms with Crippen molar-refractivity contribution in [3.63, 3.8) is 0 Å². The van der Waals surface area contributed by atoms with Crippen LogP contribution in [0, 0.1) is 5.82 Å². The van der Waals surface area contributed by atoms with Gasteiger partial charge in [0.05, 0.1) is 18.2 Å². The van der Waals surface area contributed by atoms with Crippen molar-refractivity contribution in [3.8, 4) is 0 Å². The van der Waals surface area contributed by atoms with E-state index in [-0.39, 0.29) is 11.9 Å². The molecule has 0 amide bonds. The number of hydrogen-bond donors (Lipinski definition) is 0. The molecule has 1 aromatic carbocycles. The number of benzene rings is 1. The normalized spacial score (nSPS) is 11.6. The van der Waals surface area contributed by atoms with Crippen molar-refractivity contribution in [1.29, 1.82) is 0 Å². The molecule has 1 aromatic heterocycles. The fourth-order valence-electron chi connectivity index (χ4n) is 1.75. The molecule has 0 atom stereocenters. The highest BCUT2D eigenvalue weighted by atomic mass is 19.1. The number of aromatic nitrogens is 1. The van der Waals surface area contributed by atoms with Gasteiger partial charge in [0.25, 0.3) is 0 Å². The van der Waals surface area contributed by atoms with E-state index in [0.717, 1.165) is 16.6 Å². The zero-order chi connectivity index (χ0) is 11.7. The lowest BCUT2D eigenvalue weighted by molar-refractivity contribution is 0.0624. The monoisotopic (exact) mass is 221 g/mol. The second-order valence-electron chi connectivity index (χ2n) is 4.26. The molecule has 0 aliphatic carbocycles. The molecule has 1 heterocycles. The number of ether oxygens (including phenoxy) is 1. The van der Waals surface area contributed by atoms with Crippen LogP contribution in [-0.2, 0) is 18.4 Å². The number of rotatable bonds is 3. The molecule has 3 heteroatoms. The Bertz CT molecular complexity index is 502. The molecular formula is C13H16FNO. The Hall–Kier alpha value is -1.35. The predicted molar refractivity (Wildman–Crippen MR) is 62.8 cm³/mol. The minimum absolute atomic E-state index is 0.203. The van der Waals surface area contributed by atoms with E-state index in [4.69, 9.17) is 4.74 Å². The first-order valence-corrected chi connectivity index (χ1v) is 5.43. The van der Waals surface area contributed by atoms with Crippen LogP contribution >= 0.6 is 0 Å². The summed E-state index contributed by atoms with van der Waals surface area (Å²) >= 11 is 0. The Morgan fingerprint density at radius 1 is 1.31 bits per heavy atom. The third-order valence-electron chi connectivity index (χ3n) is 2.67. The first-order valence-electron chi connectivity index (χ1n) is 5.43. The number of fused-ring (bicyclic) bond motifs is 1. The Kier molecular flexibility index (Phi) is 2.97. The summed E-state index contributed by atoms with van der Waals surface area (Å²) in [7, 11) is 1.93. The van der Waals surface area contributed by atoms with Gasteiger partial charge in [-0.2, -0.15) is 0 Å². The molecule has 0 N–H and O–H groups in total. The Labute approximate surface area is 94.6 Å². The minimum Gasteiger partial charge on any atom is -0.373 e. The summed E-state index contributed by atoms with van der Waals surface area (Å²) in [5.74, 6) is -0.204. The summed E-state index contributed by atoms with van der Waals surface area (Å²) in [5.41, 5.74) is 1.97. The second kappa shape index (κ2) is 4.26. The van der Waals surface area contributed by atoms with Crippen molar-refractivity contribution < 1.29 is 9.13 Å². The van der Waals surface area contributed by atoms with Crippen LogP contribution in [0.25, 0.3) is 10.9 Å². The van der Waals surface area contributed by atoms with Crippen molar-refractivity contribution in [2.75, 3.05) is 0 Å². The first kappa shape index (κ1) is 11.1. The van der Waals surface area contributed by atoms with Crippen LogP contribution in [0.1, 0.15) is 19.5 Å². The summed E-state index contributed by atoms with van der Waals surface area (Å²) in [6.45, 7) is 4.56. The average molecular weight is 221 g/mol. The third kappa shape index (κ3) is 2.09. The largest absolute Gasteiger partial charge is 0.373 e. The van der Waals surface area contributed by atoms with Gasteiger partial charge < -0.3 is 9.30 Å². The zero-order valence-electron chi connectivity index (χ0n) is 9.83. The van der Waals surface area contributed by atoms with Crippen LogP contribution in [-0.4, -0.2) is 10.7 Å². The van der Waals surface area contributed by atoms with Crippen molar-refractivity contribution in [2.45, 2.75) is 26.6 Å². The Morgan fingerprint density at radius 3 is 2.75 bits per heavy atom. The zero-order valence-corrected chi connectivity index (χ0v) is 9.83. The Balaban J connectivity index is 2.36. The van der Waals surface area contributed by atoms with Crippen molar-refractivity contribution in [3.05, 3.63) is 35.8 Å². The summed E-state index contributed by atoms with van der Waals surface area (Å²) in [6.07, 6.45) is 0.203. The molecule has 0 unspecified atom stereocenters. The van der Waals surface area contributed by atoms with Crippen LogP contribution in [0.3, 0.4) is 0 Å². The van der Waals surface area contributed by atoms with Crippen LogP contribution in [0.2, 0.25) is 0 Å². The summed E-state index contributed by atoms with van der Waals surface area (Å²) < 4.78 is 20.6. The molecule has 0 fully saturated rings. The molecular weight excluding hydrogens is 205 g/mol. The van der Waals surface area contributed by atoms with Gasteiger partial charge in [0.2, 0.25) is 0 Å². The number of aryl methyl sites for hydroxylation is 1. The van der Waals surface area contributed by atoms with Gasteiger partial charge in [0.1, 0.15) is 5.82 Å². The SMILES string of the molecule is CC(C)OCc1cc2ccc(F)cc2n1C. The maximum Gasteiger partial charge on any atom is 0.125 e. The molecule has 0 saturated carbocycles. The van der Waals surface area contributed by atoms with Gasteiger partial charge in [-0.15, -0.1) is 0 Å². The molecule has 0 spiro atoms. The van der Waals surface area contributed by atoms with Gasteiger partial charge in [0.15, 0.2) is 0 Å². The van der Waals surface area contributed by atoms with Crippen molar-refractivity contribution in [1.82, 2.24) is 4.57 Å². The maximum atomic E-state index is 13.1. The first-order chi connectivity index (χ1) is 7.58. The second-order valence-corrected chi connectivity index (χ2v) is 4.26. The van der Waals surface area contributed by atoms with E-state index in [1.807, 2.05) is 31.5 Å². The smallest absolute Gasteiger partial charge is 0.125 e. The predicted octanol–water partition coefficient (Wildman–Crippen LogP) is 3.24. The van der Waals surface area contributed by atoms with Crippen LogP contribution in [0.15, 0.2) is 24.3 Å². The van der Waals surface area contributed by atoms with Crippen molar-refractivity contribution >= 4 is 10.9 Å². The summed E-state index contributed by atoms with van der Waals surface area (Å²) in [5, 5.41) is 1.05. The summed E-state index contributed by atoms with van der Waals surface area (Å²) in [6, 6.07) is 6.87. The molecule has 0 radical (unpaired) electrons. The van der Waals surface area contributed by atoms with Gasteiger partial charge in [-0.3, -0.25) is 0 Å². The highest BCUT2D eigenvalue weighted by molar-refractivity contribution is 5.81. The summed E-state index contributed by atoms with van der Waals surface area (Å²) in [4.78, 5) is 0. The van der Waals surface area contributed by atoms with E-state index in [9.17, 15) is 4.39 Å². The van der Waals surface area contributed by atoms with Crippen LogP contribution < -0.4 is 0 Å². The van der Waals surface area contributed by atoms with Gasteiger partial charge in [-0.25, -0.2) is 4.39 Å². The van der Waals surface area contributed by atoms with Crippen LogP contribution in [0.4, 0.5) is 4.39 Å². The van der Waals surface area contributed by atoms with E-state index in [0.29, 0.717) is 6.61 Å². The van der Waals surface area contributed by atoms with Gasteiger partial charge in [0, 0.05) is 18.1 Å². The van der Waals surface area contributed by atoms with Gasteiger partial charge in [-0.05, 0) is 38.1 Å². The van der Waals surface area contributed by atoms with E-state index in [1.54, 1.807) is 12.1 Å². The average Bonchev–Trinajstić information content (AvgIpc) is 2.53. The standard InChI is InChI=1S/C13H16FNO/c1-9(2)16-8-12-6-10-4-5-11(14)7-13(10)15(12)3/h4-7,9H,8H2,1-3H3.